The molecule has 56 valence electrons. The Morgan fingerprint density at radius 2 is 1.33 bits per heavy atom. The molecular formula is C6H20Si3. The molecule has 0 nitrogen and oxygen atoms in total. The molecular weight excluding hydrogens is 156 g/mol. The maximum absolute atomic E-state index is 2.57. The van der Waals surface area contributed by atoms with Crippen LogP contribution >= 0.6 is 0 Å². The number of hydrogen-bond donors (Lipinski definition) is 0. The Morgan fingerprint density at radius 3 is 1.56 bits per heavy atom. The molecule has 0 aliphatic rings. The van der Waals surface area contributed by atoms with Crippen LogP contribution in [0.2, 0.25) is 37.5 Å². The summed E-state index contributed by atoms with van der Waals surface area (Å²) in [6.07, 6.45) is 0. The van der Waals surface area contributed by atoms with Crippen LogP contribution in [-0.2, 0) is 0 Å². The molecule has 0 saturated carbocycles. The second-order valence-corrected chi connectivity index (χ2v) is 14.0. The van der Waals surface area contributed by atoms with Gasteiger partial charge in [0.25, 0.3) is 0 Å². The lowest BCUT2D eigenvalue weighted by Crippen LogP contribution is -2.28. The Morgan fingerprint density at radius 1 is 1.00 bits per heavy atom. The molecule has 0 N–H and O–H groups in total. The molecule has 0 aromatic carbocycles. The molecule has 3 heteroatoms. The van der Waals surface area contributed by atoms with Crippen molar-refractivity contribution in [3.63, 3.8) is 0 Å². The molecule has 0 heterocycles. The summed E-state index contributed by atoms with van der Waals surface area (Å²) in [6, 6.07) is 0. The quantitative estimate of drug-likeness (QED) is 0.562. The standard InChI is InChI=1S/C6H20Si3/c1-7-5-9(3,4)6-8-2/h5-8H2,1-4H3. The van der Waals surface area contributed by atoms with Gasteiger partial charge in [0.15, 0.2) is 0 Å². The summed E-state index contributed by atoms with van der Waals surface area (Å²) in [6.45, 7) is 10.0. The minimum Gasteiger partial charge on any atom is -0.0750 e. The van der Waals surface area contributed by atoms with E-state index in [0.717, 1.165) is 0 Å². The average Bonchev–Trinajstić information content (AvgIpc) is 1.64. The molecule has 0 aromatic heterocycles. The fraction of sp³-hybridized carbons (Fsp3) is 1.00. The van der Waals surface area contributed by atoms with E-state index in [1.807, 2.05) is 0 Å². The van der Waals surface area contributed by atoms with Crippen molar-refractivity contribution >= 4 is 27.1 Å². The van der Waals surface area contributed by atoms with Gasteiger partial charge in [-0.15, -0.1) is 0 Å². The molecule has 0 bridgehead atoms. The summed E-state index contributed by atoms with van der Waals surface area (Å²) in [7, 11) is 0.167. The summed E-state index contributed by atoms with van der Waals surface area (Å²) in [4.78, 5) is 0. The van der Waals surface area contributed by atoms with Crippen LogP contribution < -0.4 is 0 Å². The SMILES string of the molecule is C[SiH2]C[Si](C)(C)C[SiH2]C. The minimum atomic E-state index is -0.580. The van der Waals surface area contributed by atoms with E-state index in [-0.39, 0.29) is 0 Å². The molecule has 9 heavy (non-hydrogen) atoms. The number of hydrogen-bond acceptors (Lipinski definition) is 0. The van der Waals surface area contributed by atoms with E-state index in [1.54, 1.807) is 11.3 Å². The van der Waals surface area contributed by atoms with Gasteiger partial charge in [-0.3, -0.25) is 0 Å². The highest BCUT2D eigenvalue weighted by atomic mass is 28.4. The van der Waals surface area contributed by atoms with Crippen LogP contribution in [0.15, 0.2) is 0 Å². The van der Waals surface area contributed by atoms with Crippen molar-refractivity contribution in [1.29, 1.82) is 0 Å². The first-order valence-corrected chi connectivity index (χ1v) is 12.4. The van der Waals surface area contributed by atoms with Crippen LogP contribution in [0.1, 0.15) is 0 Å². The zero-order valence-corrected chi connectivity index (χ0v) is 11.2. The molecule has 0 atom stereocenters. The molecule has 0 saturated heterocycles. The lowest BCUT2D eigenvalue weighted by Gasteiger charge is -2.19. The van der Waals surface area contributed by atoms with Crippen LogP contribution in [0.4, 0.5) is 0 Å². The van der Waals surface area contributed by atoms with Crippen molar-refractivity contribution < 1.29 is 0 Å². The van der Waals surface area contributed by atoms with Crippen molar-refractivity contribution in [3.8, 4) is 0 Å². The molecule has 0 amide bonds. The fourth-order valence-electron chi connectivity index (χ4n) is 1.48. The molecule has 0 radical (unpaired) electrons. The van der Waals surface area contributed by atoms with Crippen molar-refractivity contribution in [2.75, 3.05) is 0 Å². The van der Waals surface area contributed by atoms with E-state index in [2.05, 4.69) is 26.2 Å². The summed E-state index contributed by atoms with van der Waals surface area (Å²) >= 11 is 0. The predicted octanol–water partition coefficient (Wildman–Crippen LogP) is 1.04. The lowest BCUT2D eigenvalue weighted by molar-refractivity contribution is 1.57. The third-order valence-electron chi connectivity index (χ3n) is 1.85. The Bertz CT molecular complexity index is 62.7. The Balaban J connectivity index is 3.43. The van der Waals surface area contributed by atoms with Gasteiger partial charge in [0.05, 0.1) is 0 Å². The average molecular weight is 176 g/mol. The predicted molar refractivity (Wildman–Crippen MR) is 55.9 cm³/mol. The highest BCUT2D eigenvalue weighted by Crippen LogP contribution is 2.12. The van der Waals surface area contributed by atoms with Crippen LogP contribution in [0.25, 0.3) is 0 Å². The van der Waals surface area contributed by atoms with Gasteiger partial charge in [0.1, 0.15) is 0 Å². The van der Waals surface area contributed by atoms with E-state index in [4.69, 9.17) is 0 Å². The monoisotopic (exact) mass is 176 g/mol. The largest absolute Gasteiger partial charge is 0.0750 e. The molecule has 0 rings (SSSR count). The summed E-state index contributed by atoms with van der Waals surface area (Å²) in [5, 5.41) is 0. The highest BCUT2D eigenvalue weighted by molar-refractivity contribution is 6.89. The second-order valence-electron chi connectivity index (χ2n) is 3.66. The van der Waals surface area contributed by atoms with Gasteiger partial charge in [-0.1, -0.05) is 37.5 Å². The molecule has 0 aliphatic carbocycles. The van der Waals surface area contributed by atoms with E-state index in [9.17, 15) is 0 Å². The first kappa shape index (κ1) is 9.65. The van der Waals surface area contributed by atoms with Crippen molar-refractivity contribution in [3.05, 3.63) is 0 Å². The Labute approximate surface area is 65.1 Å². The van der Waals surface area contributed by atoms with Crippen LogP contribution in [0.3, 0.4) is 0 Å². The molecule has 0 unspecified atom stereocenters. The third-order valence-corrected chi connectivity index (χ3v) is 16.7. The van der Waals surface area contributed by atoms with E-state index in [1.165, 1.54) is 0 Å². The van der Waals surface area contributed by atoms with Gasteiger partial charge >= 0.3 is 0 Å². The van der Waals surface area contributed by atoms with Crippen molar-refractivity contribution in [2.24, 2.45) is 0 Å². The van der Waals surface area contributed by atoms with E-state index in [0.29, 0.717) is 19.0 Å². The molecule has 0 aliphatic heterocycles. The normalized spacial score (nSPS) is 14.7. The number of rotatable bonds is 4. The van der Waals surface area contributed by atoms with Gasteiger partial charge in [-0.25, -0.2) is 0 Å². The second kappa shape index (κ2) is 4.46. The Hall–Kier alpha value is 0.651. The molecule has 0 spiro atoms. The summed E-state index contributed by atoms with van der Waals surface area (Å²) in [5.41, 5.74) is 3.38. The van der Waals surface area contributed by atoms with Crippen LogP contribution in [0, 0.1) is 0 Å². The first-order valence-electron chi connectivity index (χ1n) is 4.12. The summed E-state index contributed by atoms with van der Waals surface area (Å²) < 4.78 is 0. The van der Waals surface area contributed by atoms with Crippen LogP contribution in [-0.4, -0.2) is 27.1 Å². The maximum Gasteiger partial charge on any atom is 0.0410 e. The van der Waals surface area contributed by atoms with E-state index >= 15 is 0 Å². The third kappa shape index (κ3) is 5.11. The topological polar surface area (TPSA) is 0 Å². The van der Waals surface area contributed by atoms with Gasteiger partial charge in [0, 0.05) is 27.1 Å². The molecule has 0 aromatic rings. The van der Waals surface area contributed by atoms with E-state index < -0.39 is 8.07 Å². The Kier molecular flexibility index (Phi) is 4.79. The lowest BCUT2D eigenvalue weighted by atomic mass is 11.7. The highest BCUT2D eigenvalue weighted by Gasteiger charge is 2.16. The minimum absolute atomic E-state index is 0.373. The fourth-order valence-corrected chi connectivity index (χ4v) is 15.6. The molecule has 0 fully saturated rings. The first-order chi connectivity index (χ1) is 4.12. The van der Waals surface area contributed by atoms with Crippen molar-refractivity contribution in [1.82, 2.24) is 0 Å². The maximum atomic E-state index is 2.57. The summed E-state index contributed by atoms with van der Waals surface area (Å²) in [5.74, 6) is 0. The zero-order valence-electron chi connectivity index (χ0n) is 7.33. The van der Waals surface area contributed by atoms with Gasteiger partial charge in [-0.2, -0.15) is 0 Å². The van der Waals surface area contributed by atoms with Crippen molar-refractivity contribution in [2.45, 2.75) is 37.5 Å². The van der Waals surface area contributed by atoms with Gasteiger partial charge < -0.3 is 0 Å². The smallest absolute Gasteiger partial charge is 0.0410 e. The van der Waals surface area contributed by atoms with Gasteiger partial charge in [-0.05, 0) is 0 Å². The van der Waals surface area contributed by atoms with Crippen LogP contribution in [0.5, 0.6) is 0 Å². The zero-order chi connectivity index (χ0) is 7.33. The van der Waals surface area contributed by atoms with Gasteiger partial charge in [0.2, 0.25) is 0 Å².